The van der Waals surface area contributed by atoms with E-state index in [0.29, 0.717) is 18.9 Å². The van der Waals surface area contributed by atoms with E-state index in [1.165, 1.54) is 0 Å². The lowest BCUT2D eigenvalue weighted by molar-refractivity contribution is -0.124. The number of morpholine rings is 1. The Labute approximate surface area is 172 Å². The molecule has 0 spiro atoms. The van der Waals surface area contributed by atoms with Crippen LogP contribution < -0.4 is 5.32 Å². The van der Waals surface area contributed by atoms with Gasteiger partial charge in [-0.1, -0.05) is 27.7 Å². The smallest absolute Gasteiger partial charge is 0.318 e. The average molecular weight is 411 g/mol. The number of thiazole rings is 1. The highest BCUT2D eigenvalue weighted by Crippen LogP contribution is 2.19. The summed E-state index contributed by atoms with van der Waals surface area (Å²) < 4.78 is 5.37. The number of carbonyl (C=O) groups excluding carboxylic acids is 2. The highest BCUT2D eigenvalue weighted by molar-refractivity contribution is 7.09. The van der Waals surface area contributed by atoms with Gasteiger partial charge in [-0.05, 0) is 6.42 Å². The SMILES string of the molecule is CC(C)C(=O)C(CCN1CCOCC1)NC(=O)N(C)Cc1csc(C(C)C)n1. The van der Waals surface area contributed by atoms with Crippen LogP contribution in [0, 0.1) is 5.92 Å². The zero-order valence-electron chi connectivity index (χ0n) is 17.7. The number of rotatable bonds is 9. The summed E-state index contributed by atoms with van der Waals surface area (Å²) in [7, 11) is 1.74. The van der Waals surface area contributed by atoms with Crippen molar-refractivity contribution in [3.05, 3.63) is 16.1 Å². The highest BCUT2D eigenvalue weighted by atomic mass is 32.1. The van der Waals surface area contributed by atoms with Crippen LogP contribution in [-0.4, -0.2) is 72.5 Å². The monoisotopic (exact) mass is 410 g/mol. The molecule has 1 aliphatic rings. The number of hydrogen-bond donors (Lipinski definition) is 1. The number of ether oxygens (including phenoxy) is 1. The van der Waals surface area contributed by atoms with Gasteiger partial charge in [-0.3, -0.25) is 9.69 Å². The van der Waals surface area contributed by atoms with Gasteiger partial charge in [0.2, 0.25) is 0 Å². The average Bonchev–Trinajstić information content (AvgIpc) is 3.13. The second-order valence-electron chi connectivity index (χ2n) is 7.99. The standard InChI is InChI=1S/C20H34N4O3S/c1-14(2)18(25)17(6-7-24-8-10-27-11-9-24)22-20(26)23(5)12-16-13-28-19(21-16)15(3)4/h13-15,17H,6-12H2,1-5H3,(H,22,26). The molecule has 1 fully saturated rings. The maximum absolute atomic E-state index is 12.7. The summed E-state index contributed by atoms with van der Waals surface area (Å²) in [5, 5.41) is 6.01. The van der Waals surface area contributed by atoms with Crippen molar-refractivity contribution in [2.45, 2.75) is 52.6 Å². The second-order valence-corrected chi connectivity index (χ2v) is 8.88. The number of nitrogens with zero attached hydrogens (tertiary/aromatic N) is 3. The van der Waals surface area contributed by atoms with Crippen molar-refractivity contribution in [3.63, 3.8) is 0 Å². The van der Waals surface area contributed by atoms with Crippen molar-refractivity contribution in [1.29, 1.82) is 0 Å². The minimum Gasteiger partial charge on any atom is -0.379 e. The molecule has 1 aliphatic heterocycles. The summed E-state index contributed by atoms with van der Waals surface area (Å²) >= 11 is 1.62. The maximum Gasteiger partial charge on any atom is 0.318 e. The molecule has 0 saturated carbocycles. The number of urea groups is 1. The van der Waals surface area contributed by atoms with E-state index in [-0.39, 0.29) is 17.7 Å². The molecule has 0 radical (unpaired) electrons. The topological polar surface area (TPSA) is 74.8 Å². The molecule has 1 unspecified atom stereocenters. The van der Waals surface area contributed by atoms with Gasteiger partial charge < -0.3 is 15.0 Å². The van der Waals surface area contributed by atoms with E-state index < -0.39 is 6.04 Å². The first-order valence-electron chi connectivity index (χ1n) is 10.1. The Morgan fingerprint density at radius 3 is 2.54 bits per heavy atom. The summed E-state index contributed by atoms with van der Waals surface area (Å²) in [5.74, 6) is 0.337. The Hall–Kier alpha value is -1.51. The van der Waals surface area contributed by atoms with Crippen molar-refractivity contribution >= 4 is 23.2 Å². The Morgan fingerprint density at radius 1 is 1.29 bits per heavy atom. The summed E-state index contributed by atoms with van der Waals surface area (Å²) in [6.45, 7) is 12.4. The lowest BCUT2D eigenvalue weighted by Crippen LogP contribution is -2.49. The van der Waals surface area contributed by atoms with Crippen molar-refractivity contribution in [2.75, 3.05) is 39.9 Å². The van der Waals surface area contributed by atoms with E-state index in [0.717, 1.165) is 43.5 Å². The molecule has 1 N–H and O–H groups in total. The zero-order chi connectivity index (χ0) is 20.7. The van der Waals surface area contributed by atoms with E-state index in [1.807, 2.05) is 19.2 Å². The third-order valence-corrected chi connectivity index (χ3v) is 6.05. The number of Topliss-reactive ketones (excluding diaryl/α,β-unsaturated/α-hetero) is 1. The van der Waals surface area contributed by atoms with Crippen molar-refractivity contribution < 1.29 is 14.3 Å². The molecule has 2 heterocycles. The Morgan fingerprint density at radius 2 is 1.96 bits per heavy atom. The molecule has 8 heteroatoms. The minimum atomic E-state index is -0.473. The second kappa shape index (κ2) is 10.9. The molecule has 158 valence electrons. The lowest BCUT2D eigenvalue weighted by atomic mass is 9.99. The van der Waals surface area contributed by atoms with Gasteiger partial charge in [0.05, 0.1) is 36.5 Å². The van der Waals surface area contributed by atoms with E-state index in [2.05, 4.69) is 29.0 Å². The van der Waals surface area contributed by atoms with E-state index in [9.17, 15) is 9.59 Å². The molecule has 0 aliphatic carbocycles. The van der Waals surface area contributed by atoms with Crippen LogP contribution in [0.15, 0.2) is 5.38 Å². The highest BCUT2D eigenvalue weighted by Gasteiger charge is 2.25. The van der Waals surface area contributed by atoms with Gasteiger partial charge in [-0.2, -0.15) is 0 Å². The van der Waals surface area contributed by atoms with Gasteiger partial charge in [-0.15, -0.1) is 11.3 Å². The van der Waals surface area contributed by atoms with Crippen molar-refractivity contribution in [2.24, 2.45) is 5.92 Å². The first kappa shape index (κ1) is 22.8. The van der Waals surface area contributed by atoms with Crippen molar-refractivity contribution in [1.82, 2.24) is 20.1 Å². The van der Waals surface area contributed by atoms with Gasteiger partial charge >= 0.3 is 6.03 Å². The molecule has 1 aromatic heterocycles. The van der Waals surface area contributed by atoms with Gasteiger partial charge in [0.15, 0.2) is 5.78 Å². The van der Waals surface area contributed by atoms with E-state index in [4.69, 9.17) is 4.74 Å². The van der Waals surface area contributed by atoms with E-state index >= 15 is 0 Å². The Bertz CT molecular complexity index is 641. The molecule has 0 aromatic carbocycles. The summed E-state index contributed by atoms with van der Waals surface area (Å²) in [5.41, 5.74) is 0.881. The number of hydrogen-bond acceptors (Lipinski definition) is 6. The molecule has 1 saturated heterocycles. The normalized spacial score (nSPS) is 16.4. The van der Waals surface area contributed by atoms with E-state index in [1.54, 1.807) is 23.3 Å². The number of ketones is 1. The third kappa shape index (κ3) is 6.83. The number of carbonyl (C=O) groups is 2. The van der Waals surface area contributed by atoms with Crippen LogP contribution in [0.5, 0.6) is 0 Å². The summed E-state index contributed by atoms with van der Waals surface area (Å²) in [4.78, 5) is 33.8. The van der Waals surface area contributed by atoms with Crippen LogP contribution >= 0.6 is 11.3 Å². The Balaban J connectivity index is 1.92. The molecule has 2 rings (SSSR count). The van der Waals surface area contributed by atoms with Crippen LogP contribution in [0.1, 0.15) is 50.7 Å². The first-order valence-corrected chi connectivity index (χ1v) is 11.0. The summed E-state index contributed by atoms with van der Waals surface area (Å²) in [6.07, 6.45) is 0.616. The quantitative estimate of drug-likeness (QED) is 0.677. The molecule has 7 nitrogen and oxygen atoms in total. The van der Waals surface area contributed by atoms with Gasteiger partial charge in [0, 0.05) is 43.9 Å². The molecule has 28 heavy (non-hydrogen) atoms. The predicted octanol–water partition coefficient (Wildman–Crippen LogP) is 2.72. The minimum absolute atomic E-state index is 0.0748. The maximum atomic E-state index is 12.7. The van der Waals surface area contributed by atoms with Gasteiger partial charge in [0.1, 0.15) is 0 Å². The molecular weight excluding hydrogens is 376 g/mol. The Kier molecular flexibility index (Phi) is 8.85. The van der Waals surface area contributed by atoms with Gasteiger partial charge in [-0.25, -0.2) is 9.78 Å². The molecule has 1 atom stereocenters. The van der Waals surface area contributed by atoms with Crippen molar-refractivity contribution in [3.8, 4) is 0 Å². The number of nitrogens with one attached hydrogen (secondary N) is 1. The first-order chi connectivity index (χ1) is 13.3. The lowest BCUT2D eigenvalue weighted by Gasteiger charge is -2.29. The molecule has 1 aromatic rings. The van der Waals surface area contributed by atoms with Crippen LogP contribution in [0.25, 0.3) is 0 Å². The fraction of sp³-hybridized carbons (Fsp3) is 0.750. The number of aromatic nitrogens is 1. The van der Waals surface area contributed by atoms with Gasteiger partial charge in [0.25, 0.3) is 0 Å². The zero-order valence-corrected chi connectivity index (χ0v) is 18.6. The predicted molar refractivity (Wildman–Crippen MR) is 112 cm³/mol. The fourth-order valence-electron chi connectivity index (χ4n) is 3.06. The van der Waals surface area contributed by atoms with Crippen LogP contribution in [0.4, 0.5) is 4.79 Å². The van der Waals surface area contributed by atoms with Crippen LogP contribution in [0.3, 0.4) is 0 Å². The number of amides is 2. The largest absolute Gasteiger partial charge is 0.379 e. The summed E-state index contributed by atoms with van der Waals surface area (Å²) in [6, 6.07) is -0.709. The molecule has 2 amide bonds. The third-order valence-electron chi connectivity index (χ3n) is 4.86. The van der Waals surface area contributed by atoms with Crippen LogP contribution in [-0.2, 0) is 16.1 Å². The molecular formula is C20H34N4O3S. The molecule has 0 bridgehead atoms. The van der Waals surface area contributed by atoms with Crippen LogP contribution in [0.2, 0.25) is 0 Å². The fourth-order valence-corrected chi connectivity index (χ4v) is 3.89.